The van der Waals surface area contributed by atoms with Crippen LogP contribution in [0.2, 0.25) is 0 Å². The van der Waals surface area contributed by atoms with E-state index >= 15 is 0 Å². The molecule has 0 fully saturated rings. The molecule has 3 aromatic rings. The Balaban J connectivity index is 1.71. The Hall–Kier alpha value is -2.66. The summed E-state index contributed by atoms with van der Waals surface area (Å²) in [7, 11) is 1.65. The second-order valence-electron chi connectivity index (χ2n) is 6.79. The summed E-state index contributed by atoms with van der Waals surface area (Å²) in [4.78, 5) is 17.2. The van der Waals surface area contributed by atoms with Crippen LogP contribution in [0.4, 0.5) is 5.69 Å². The van der Waals surface area contributed by atoms with Crippen molar-refractivity contribution in [2.24, 2.45) is 0 Å². The van der Waals surface area contributed by atoms with Crippen molar-refractivity contribution in [1.29, 1.82) is 0 Å². The van der Waals surface area contributed by atoms with Gasteiger partial charge in [0.2, 0.25) is 5.91 Å². The molecule has 2 aromatic carbocycles. The van der Waals surface area contributed by atoms with Gasteiger partial charge in [0.25, 0.3) is 0 Å². The lowest BCUT2D eigenvalue weighted by Gasteiger charge is -2.16. The normalized spacial score (nSPS) is 10.9. The highest BCUT2D eigenvalue weighted by Gasteiger charge is 2.14. The van der Waals surface area contributed by atoms with Gasteiger partial charge in [0.05, 0.1) is 19.2 Å². The molecule has 0 saturated heterocycles. The van der Waals surface area contributed by atoms with Crippen molar-refractivity contribution in [2.45, 2.75) is 33.1 Å². The van der Waals surface area contributed by atoms with E-state index in [0.717, 1.165) is 38.8 Å². The van der Waals surface area contributed by atoms with Crippen LogP contribution < -0.4 is 10.1 Å². The van der Waals surface area contributed by atoms with Gasteiger partial charge in [0, 0.05) is 16.6 Å². The third-order valence-electron chi connectivity index (χ3n) is 4.42. The van der Waals surface area contributed by atoms with Crippen molar-refractivity contribution >= 4 is 22.9 Å². The summed E-state index contributed by atoms with van der Waals surface area (Å²) >= 11 is 1.54. The van der Waals surface area contributed by atoms with Crippen molar-refractivity contribution in [3.05, 3.63) is 64.7 Å². The Kier molecular flexibility index (Phi) is 5.91. The van der Waals surface area contributed by atoms with Gasteiger partial charge in [-0.15, -0.1) is 11.3 Å². The molecule has 140 valence electrons. The van der Waals surface area contributed by atoms with Gasteiger partial charge in [-0.2, -0.15) is 0 Å². The Morgan fingerprint density at radius 3 is 2.59 bits per heavy atom. The van der Waals surface area contributed by atoms with Crippen LogP contribution in [0.25, 0.3) is 10.6 Å². The van der Waals surface area contributed by atoms with E-state index in [1.165, 1.54) is 0 Å². The topological polar surface area (TPSA) is 51.2 Å². The zero-order chi connectivity index (χ0) is 19.4. The molecule has 0 aliphatic rings. The predicted octanol–water partition coefficient (Wildman–Crippen LogP) is 5.43. The number of carbonyl (C=O) groups is 1. The number of nitrogens with zero attached hydrogens (tertiary/aromatic N) is 1. The highest BCUT2D eigenvalue weighted by atomic mass is 32.1. The van der Waals surface area contributed by atoms with E-state index in [4.69, 9.17) is 4.74 Å². The maximum absolute atomic E-state index is 12.6. The number of rotatable bonds is 6. The first-order valence-corrected chi connectivity index (χ1v) is 9.84. The summed E-state index contributed by atoms with van der Waals surface area (Å²) in [6, 6.07) is 13.9. The molecular weight excluding hydrogens is 356 g/mol. The van der Waals surface area contributed by atoms with Crippen molar-refractivity contribution in [2.75, 3.05) is 12.4 Å². The van der Waals surface area contributed by atoms with Crippen LogP contribution >= 0.6 is 11.3 Å². The lowest BCUT2D eigenvalue weighted by atomic mass is 9.98. The first kappa shape index (κ1) is 19.1. The second-order valence-corrected chi connectivity index (χ2v) is 7.65. The Morgan fingerprint density at radius 2 is 1.93 bits per heavy atom. The number of amides is 1. The fourth-order valence-electron chi connectivity index (χ4n) is 2.94. The molecule has 3 rings (SSSR count). The minimum atomic E-state index is -0.0437. The van der Waals surface area contributed by atoms with Gasteiger partial charge in [-0.05, 0) is 48.2 Å². The van der Waals surface area contributed by atoms with Gasteiger partial charge in [0.15, 0.2) is 0 Å². The highest BCUT2D eigenvalue weighted by molar-refractivity contribution is 7.13. The van der Waals surface area contributed by atoms with Crippen LogP contribution in [0.5, 0.6) is 5.75 Å². The zero-order valence-corrected chi connectivity index (χ0v) is 16.9. The van der Waals surface area contributed by atoms with Crippen LogP contribution in [-0.2, 0) is 11.2 Å². The van der Waals surface area contributed by atoms with E-state index in [2.05, 4.69) is 30.2 Å². The molecule has 0 unspecified atom stereocenters. The third-order valence-corrected chi connectivity index (χ3v) is 5.36. The third kappa shape index (κ3) is 4.55. The molecule has 0 atom stereocenters. The van der Waals surface area contributed by atoms with Crippen LogP contribution in [0.15, 0.2) is 47.8 Å². The molecule has 1 amide bonds. The molecule has 0 saturated carbocycles. The number of ether oxygens (including phenoxy) is 1. The van der Waals surface area contributed by atoms with E-state index in [0.29, 0.717) is 5.92 Å². The molecule has 0 aliphatic carbocycles. The minimum absolute atomic E-state index is 0.0437. The second kappa shape index (κ2) is 8.35. The van der Waals surface area contributed by atoms with Crippen molar-refractivity contribution in [1.82, 2.24) is 4.98 Å². The van der Waals surface area contributed by atoms with Crippen molar-refractivity contribution in [3.63, 3.8) is 0 Å². The Morgan fingerprint density at radius 1 is 1.19 bits per heavy atom. The number of aryl methyl sites for hydroxylation is 1. The van der Waals surface area contributed by atoms with Gasteiger partial charge in [-0.3, -0.25) is 4.79 Å². The molecule has 27 heavy (non-hydrogen) atoms. The Bertz CT molecular complexity index is 930. The average molecular weight is 381 g/mol. The SMILES string of the molecule is COc1ccc(-c2nc(CC(=O)Nc3c(C)cccc3C(C)C)cs2)cc1. The van der Waals surface area contributed by atoms with E-state index in [1.807, 2.05) is 48.7 Å². The number of hydrogen-bond acceptors (Lipinski definition) is 4. The maximum Gasteiger partial charge on any atom is 0.230 e. The summed E-state index contributed by atoms with van der Waals surface area (Å²) < 4.78 is 5.19. The standard InChI is InChI=1S/C22H24N2O2S/c1-14(2)19-7-5-6-15(3)21(19)24-20(25)12-17-13-27-22(23-17)16-8-10-18(26-4)11-9-16/h5-11,13-14H,12H2,1-4H3,(H,24,25). The summed E-state index contributed by atoms with van der Waals surface area (Å²) in [5.74, 6) is 1.12. The van der Waals surface area contributed by atoms with Gasteiger partial charge in [0.1, 0.15) is 10.8 Å². The van der Waals surface area contributed by atoms with Gasteiger partial charge in [-0.25, -0.2) is 4.98 Å². The minimum Gasteiger partial charge on any atom is -0.497 e. The summed E-state index contributed by atoms with van der Waals surface area (Å²) in [6.07, 6.45) is 0.262. The van der Waals surface area contributed by atoms with Crippen molar-refractivity contribution < 1.29 is 9.53 Å². The van der Waals surface area contributed by atoms with Crippen LogP contribution in [0.1, 0.15) is 36.6 Å². The predicted molar refractivity (Wildman–Crippen MR) is 112 cm³/mol. The summed E-state index contributed by atoms with van der Waals surface area (Å²) in [5, 5.41) is 5.93. The lowest BCUT2D eigenvalue weighted by Crippen LogP contribution is -2.17. The number of methoxy groups -OCH3 is 1. The molecule has 4 nitrogen and oxygen atoms in total. The highest BCUT2D eigenvalue weighted by Crippen LogP contribution is 2.28. The molecule has 1 N–H and O–H groups in total. The number of nitrogens with one attached hydrogen (secondary N) is 1. The number of carbonyl (C=O) groups excluding carboxylic acids is 1. The lowest BCUT2D eigenvalue weighted by molar-refractivity contribution is -0.115. The van der Waals surface area contributed by atoms with E-state index < -0.39 is 0 Å². The number of aromatic nitrogens is 1. The van der Waals surface area contributed by atoms with Crippen LogP contribution in [0.3, 0.4) is 0 Å². The largest absolute Gasteiger partial charge is 0.497 e. The molecule has 1 aromatic heterocycles. The fourth-order valence-corrected chi connectivity index (χ4v) is 3.77. The first-order chi connectivity index (χ1) is 13.0. The van der Waals surface area contributed by atoms with Crippen LogP contribution in [-0.4, -0.2) is 18.0 Å². The number of benzene rings is 2. The average Bonchev–Trinajstić information content (AvgIpc) is 3.11. The van der Waals surface area contributed by atoms with Gasteiger partial charge in [-0.1, -0.05) is 32.0 Å². The molecular formula is C22H24N2O2S. The molecule has 0 aliphatic heterocycles. The molecule has 5 heteroatoms. The van der Waals surface area contributed by atoms with Crippen LogP contribution in [0, 0.1) is 6.92 Å². The smallest absolute Gasteiger partial charge is 0.230 e. The summed E-state index contributed by atoms with van der Waals surface area (Å²) in [6.45, 7) is 6.28. The maximum atomic E-state index is 12.6. The fraction of sp³-hybridized carbons (Fsp3) is 0.273. The number of hydrogen-bond donors (Lipinski definition) is 1. The van der Waals surface area contributed by atoms with Gasteiger partial charge >= 0.3 is 0 Å². The van der Waals surface area contributed by atoms with Gasteiger partial charge < -0.3 is 10.1 Å². The quantitative estimate of drug-likeness (QED) is 0.620. The number of anilines is 1. The molecule has 1 heterocycles. The monoisotopic (exact) mass is 380 g/mol. The zero-order valence-electron chi connectivity index (χ0n) is 16.1. The van der Waals surface area contributed by atoms with E-state index in [1.54, 1.807) is 18.4 Å². The van der Waals surface area contributed by atoms with E-state index in [-0.39, 0.29) is 12.3 Å². The number of thiazole rings is 1. The number of para-hydroxylation sites is 1. The molecule has 0 bridgehead atoms. The summed E-state index contributed by atoms with van der Waals surface area (Å²) in [5.41, 5.74) is 4.95. The Labute approximate surface area is 164 Å². The molecule has 0 radical (unpaired) electrons. The first-order valence-electron chi connectivity index (χ1n) is 8.96. The molecule has 0 spiro atoms. The van der Waals surface area contributed by atoms with E-state index in [9.17, 15) is 4.79 Å². The van der Waals surface area contributed by atoms with Crippen molar-refractivity contribution in [3.8, 4) is 16.3 Å².